The fourth-order valence-electron chi connectivity index (χ4n) is 4.31. The van der Waals surface area contributed by atoms with Gasteiger partial charge in [0.25, 0.3) is 5.91 Å². The number of anilines is 1. The predicted octanol–water partition coefficient (Wildman–Crippen LogP) is 4.72. The molecule has 9 heteroatoms. The van der Waals surface area contributed by atoms with Crippen molar-refractivity contribution in [2.75, 3.05) is 5.32 Å². The Balaban J connectivity index is 1.59. The number of nitrogens with one attached hydrogen (secondary N) is 2. The lowest BCUT2D eigenvalue weighted by Crippen LogP contribution is -2.35. The molecule has 1 amide bonds. The molecule has 1 saturated carbocycles. The maximum absolute atomic E-state index is 14.6. The van der Waals surface area contributed by atoms with E-state index in [4.69, 9.17) is 11.6 Å². The summed E-state index contributed by atoms with van der Waals surface area (Å²) in [5, 5.41) is 2.06. The van der Waals surface area contributed by atoms with Gasteiger partial charge in [0, 0.05) is 16.8 Å². The molecule has 0 spiro atoms. The highest BCUT2D eigenvalue weighted by atomic mass is 35.5. The van der Waals surface area contributed by atoms with Crippen LogP contribution in [-0.2, 0) is 16.4 Å². The quantitative estimate of drug-likeness (QED) is 0.686. The summed E-state index contributed by atoms with van der Waals surface area (Å²) in [6.07, 6.45) is 3.72. The average Bonchev–Trinajstić information content (AvgIpc) is 3.36. The number of fused-ring (bicyclic) bond motifs is 1. The van der Waals surface area contributed by atoms with E-state index < -0.39 is 38.9 Å². The lowest BCUT2D eigenvalue weighted by atomic mass is 10.0. The third-order valence-electron chi connectivity index (χ3n) is 5.80. The zero-order valence-electron chi connectivity index (χ0n) is 16.1. The Morgan fingerprint density at radius 2 is 1.73 bits per heavy atom. The van der Waals surface area contributed by atoms with Crippen LogP contribution in [0.25, 0.3) is 0 Å². The van der Waals surface area contributed by atoms with Gasteiger partial charge in [0.1, 0.15) is 11.6 Å². The van der Waals surface area contributed by atoms with Gasteiger partial charge in [0.2, 0.25) is 10.0 Å². The van der Waals surface area contributed by atoms with Crippen LogP contribution in [0.4, 0.5) is 14.5 Å². The van der Waals surface area contributed by atoms with Crippen LogP contribution in [0, 0.1) is 11.6 Å². The normalized spacial score (nSPS) is 19.1. The summed E-state index contributed by atoms with van der Waals surface area (Å²) in [7, 11) is -3.56. The van der Waals surface area contributed by atoms with Crippen molar-refractivity contribution in [3.63, 3.8) is 0 Å². The van der Waals surface area contributed by atoms with Gasteiger partial charge in [0.15, 0.2) is 0 Å². The van der Waals surface area contributed by atoms with E-state index in [1.165, 1.54) is 24.3 Å². The molecule has 0 bridgehead atoms. The molecule has 2 N–H and O–H groups in total. The lowest BCUT2D eigenvalue weighted by Gasteiger charge is -2.19. The highest BCUT2D eigenvalue weighted by molar-refractivity contribution is 7.90. The highest BCUT2D eigenvalue weighted by Crippen LogP contribution is 2.37. The van der Waals surface area contributed by atoms with E-state index in [1.807, 2.05) is 0 Å². The smallest absolute Gasteiger partial charge is 0.255 e. The van der Waals surface area contributed by atoms with Gasteiger partial charge in [-0.2, -0.15) is 0 Å². The van der Waals surface area contributed by atoms with Gasteiger partial charge < -0.3 is 5.32 Å². The second-order valence-corrected chi connectivity index (χ2v) is 10.1. The zero-order valence-corrected chi connectivity index (χ0v) is 17.6. The van der Waals surface area contributed by atoms with Crippen LogP contribution in [0.3, 0.4) is 0 Å². The fraction of sp³-hybridized carbons (Fsp3) is 0.381. The molecule has 1 fully saturated rings. The minimum Gasteiger partial charge on any atom is -0.322 e. The first-order valence-corrected chi connectivity index (χ1v) is 11.8. The maximum atomic E-state index is 14.6. The largest absolute Gasteiger partial charge is 0.322 e. The number of rotatable bonds is 5. The van der Waals surface area contributed by atoms with Crippen molar-refractivity contribution in [3.05, 3.63) is 63.7 Å². The molecule has 0 saturated heterocycles. The molecule has 0 aliphatic heterocycles. The van der Waals surface area contributed by atoms with Gasteiger partial charge in [-0.15, -0.1) is 0 Å². The third kappa shape index (κ3) is 4.08. The standard InChI is InChI=1S/C21H21ClF2N2O3S/c22-16-11-12(5-8-17(16)23)25-21(27)15-6-9-18(24)20-14(15)7-10-19(20)26-30(28,29)13-3-1-2-4-13/h5-6,8-9,11,13,19,26H,1-4,7,10H2,(H,25,27). The first-order chi connectivity index (χ1) is 14.3. The van der Waals surface area contributed by atoms with Gasteiger partial charge in [-0.3, -0.25) is 4.79 Å². The molecule has 1 atom stereocenters. The summed E-state index contributed by atoms with van der Waals surface area (Å²) < 4.78 is 56.0. The Kier molecular flexibility index (Phi) is 5.83. The lowest BCUT2D eigenvalue weighted by molar-refractivity contribution is 0.102. The molecule has 30 heavy (non-hydrogen) atoms. The van der Waals surface area contributed by atoms with Crippen LogP contribution < -0.4 is 10.0 Å². The van der Waals surface area contributed by atoms with Crippen molar-refractivity contribution in [3.8, 4) is 0 Å². The van der Waals surface area contributed by atoms with Crippen LogP contribution in [-0.4, -0.2) is 19.6 Å². The van der Waals surface area contributed by atoms with Crippen molar-refractivity contribution < 1.29 is 22.0 Å². The van der Waals surface area contributed by atoms with E-state index in [0.29, 0.717) is 36.9 Å². The van der Waals surface area contributed by atoms with Crippen LogP contribution >= 0.6 is 11.6 Å². The van der Waals surface area contributed by atoms with Crippen molar-refractivity contribution in [1.82, 2.24) is 4.72 Å². The fourth-order valence-corrected chi connectivity index (χ4v) is 6.27. The van der Waals surface area contributed by atoms with Crippen molar-refractivity contribution >= 4 is 33.2 Å². The number of hydrogen-bond donors (Lipinski definition) is 2. The number of sulfonamides is 1. The second-order valence-electron chi connectivity index (χ2n) is 7.73. The van der Waals surface area contributed by atoms with Crippen LogP contribution in [0.2, 0.25) is 5.02 Å². The summed E-state index contributed by atoms with van der Waals surface area (Å²) in [6, 6.07) is 5.66. The van der Waals surface area contributed by atoms with Crippen LogP contribution in [0.1, 0.15) is 59.6 Å². The molecule has 4 rings (SSSR count). The predicted molar refractivity (Wildman–Crippen MR) is 111 cm³/mol. The van der Waals surface area contributed by atoms with Crippen molar-refractivity contribution in [2.24, 2.45) is 0 Å². The molecule has 2 aromatic carbocycles. The molecule has 0 radical (unpaired) electrons. The molecule has 2 aromatic rings. The Morgan fingerprint density at radius 1 is 1.03 bits per heavy atom. The monoisotopic (exact) mass is 454 g/mol. The zero-order chi connectivity index (χ0) is 21.5. The highest BCUT2D eigenvalue weighted by Gasteiger charge is 2.36. The minimum absolute atomic E-state index is 0.126. The van der Waals surface area contributed by atoms with E-state index in [0.717, 1.165) is 18.9 Å². The number of hydrogen-bond acceptors (Lipinski definition) is 3. The van der Waals surface area contributed by atoms with Gasteiger partial charge in [-0.05, 0) is 61.6 Å². The molecule has 2 aliphatic rings. The summed E-state index contributed by atoms with van der Waals surface area (Å²) in [5.41, 5.74) is 1.27. The Bertz CT molecular complexity index is 1100. The SMILES string of the molecule is O=C(Nc1ccc(F)c(Cl)c1)c1ccc(F)c2c1CCC2NS(=O)(=O)C1CCCC1. The topological polar surface area (TPSA) is 75.3 Å². The molecule has 5 nitrogen and oxygen atoms in total. The molecular formula is C21H21ClF2N2O3S. The first kappa shape index (κ1) is 21.2. The van der Waals surface area contributed by atoms with Gasteiger partial charge in [-0.25, -0.2) is 21.9 Å². The third-order valence-corrected chi connectivity index (χ3v) is 8.06. The average molecular weight is 455 g/mol. The van der Waals surface area contributed by atoms with Gasteiger partial charge in [-0.1, -0.05) is 24.4 Å². The maximum Gasteiger partial charge on any atom is 0.255 e. The molecule has 1 unspecified atom stereocenters. The molecular weight excluding hydrogens is 434 g/mol. The van der Waals surface area contributed by atoms with E-state index in [-0.39, 0.29) is 16.1 Å². The molecule has 160 valence electrons. The van der Waals surface area contributed by atoms with E-state index >= 15 is 0 Å². The Hall–Kier alpha value is -2.03. The first-order valence-electron chi connectivity index (χ1n) is 9.85. The number of carbonyl (C=O) groups is 1. The van der Waals surface area contributed by atoms with E-state index in [9.17, 15) is 22.0 Å². The number of halogens is 3. The Morgan fingerprint density at radius 3 is 2.43 bits per heavy atom. The molecule has 2 aliphatic carbocycles. The van der Waals surface area contributed by atoms with Crippen LogP contribution in [0.15, 0.2) is 30.3 Å². The number of carbonyl (C=O) groups excluding carboxylic acids is 1. The number of benzene rings is 2. The summed E-state index contributed by atoms with van der Waals surface area (Å²) in [4.78, 5) is 12.8. The van der Waals surface area contributed by atoms with Crippen molar-refractivity contribution in [2.45, 2.75) is 49.8 Å². The minimum atomic E-state index is -3.56. The molecule has 0 aromatic heterocycles. The van der Waals surface area contributed by atoms with E-state index in [2.05, 4.69) is 10.0 Å². The summed E-state index contributed by atoms with van der Waals surface area (Å²) in [6.45, 7) is 0. The number of amides is 1. The van der Waals surface area contributed by atoms with Gasteiger partial charge in [0.05, 0.1) is 16.3 Å². The summed E-state index contributed by atoms with van der Waals surface area (Å²) in [5.74, 6) is -1.63. The second kappa shape index (κ2) is 8.24. The van der Waals surface area contributed by atoms with Crippen molar-refractivity contribution in [1.29, 1.82) is 0 Å². The molecule has 0 heterocycles. The Labute approximate surface area is 178 Å². The van der Waals surface area contributed by atoms with Gasteiger partial charge >= 0.3 is 0 Å². The van der Waals surface area contributed by atoms with E-state index in [1.54, 1.807) is 0 Å². The van der Waals surface area contributed by atoms with Crippen LogP contribution in [0.5, 0.6) is 0 Å². The summed E-state index contributed by atoms with van der Waals surface area (Å²) >= 11 is 5.75.